The molecule has 1 fully saturated rings. The summed E-state index contributed by atoms with van der Waals surface area (Å²) >= 11 is 1.57. The van der Waals surface area contributed by atoms with Crippen molar-refractivity contribution in [2.75, 3.05) is 31.2 Å². The number of phenols is 1. The molecule has 6 rings (SSSR count). The number of nitrogens with zero attached hydrogens (tertiary/aromatic N) is 3. The molecule has 0 amide bonds. The molecule has 7 nitrogen and oxygen atoms in total. The molecule has 0 atom stereocenters. The first kappa shape index (κ1) is 22.6. The molecule has 36 heavy (non-hydrogen) atoms. The van der Waals surface area contributed by atoms with E-state index in [2.05, 4.69) is 28.1 Å². The number of ether oxygens (including phenoxy) is 2. The first-order chi connectivity index (χ1) is 17.7. The van der Waals surface area contributed by atoms with Crippen molar-refractivity contribution in [2.24, 2.45) is 0 Å². The van der Waals surface area contributed by atoms with Crippen LogP contribution in [0.4, 0.5) is 5.69 Å². The van der Waals surface area contributed by atoms with Crippen LogP contribution in [0.25, 0.3) is 22.6 Å². The monoisotopic (exact) mass is 498 g/mol. The molecule has 0 bridgehead atoms. The molecule has 1 aliphatic heterocycles. The number of nitrogens with one attached hydrogen (secondary N) is 1. The number of hydrogen-bond donors (Lipinski definition) is 2. The minimum atomic E-state index is 0.210. The van der Waals surface area contributed by atoms with Crippen molar-refractivity contribution in [1.29, 1.82) is 0 Å². The van der Waals surface area contributed by atoms with E-state index in [0.29, 0.717) is 13.0 Å². The second-order valence-electron chi connectivity index (χ2n) is 8.76. The predicted molar refractivity (Wildman–Crippen MR) is 142 cm³/mol. The summed E-state index contributed by atoms with van der Waals surface area (Å²) in [4.78, 5) is 15.4. The standard InChI is InChI=1S/C28H26N4O3S/c33-22-7-9-26(35-17-19-4-2-1-3-5-19)20(14-22)15-27-29-25(18-36-27)28-30-23-8-6-21(16-24(23)31-28)32-10-12-34-13-11-32/h1-9,14,16,18,33H,10-13,15,17H2,(H,30,31). The van der Waals surface area contributed by atoms with Gasteiger partial charge < -0.3 is 24.5 Å². The van der Waals surface area contributed by atoms with Gasteiger partial charge in [-0.15, -0.1) is 11.3 Å². The maximum Gasteiger partial charge on any atom is 0.158 e. The van der Waals surface area contributed by atoms with Gasteiger partial charge in [-0.25, -0.2) is 9.97 Å². The van der Waals surface area contributed by atoms with Gasteiger partial charge in [0.1, 0.15) is 23.8 Å². The van der Waals surface area contributed by atoms with Crippen LogP contribution in [0.2, 0.25) is 0 Å². The fourth-order valence-electron chi connectivity index (χ4n) is 4.38. The van der Waals surface area contributed by atoms with Crippen LogP contribution in [-0.4, -0.2) is 46.4 Å². The largest absolute Gasteiger partial charge is 0.508 e. The quantitative estimate of drug-likeness (QED) is 0.313. The van der Waals surface area contributed by atoms with Crippen molar-refractivity contribution < 1.29 is 14.6 Å². The highest BCUT2D eigenvalue weighted by Crippen LogP contribution is 2.30. The lowest BCUT2D eigenvalue weighted by Crippen LogP contribution is -2.36. The summed E-state index contributed by atoms with van der Waals surface area (Å²) in [5.74, 6) is 1.71. The van der Waals surface area contributed by atoms with Gasteiger partial charge in [-0.3, -0.25) is 0 Å². The van der Waals surface area contributed by atoms with Crippen molar-refractivity contribution in [3.8, 4) is 23.0 Å². The normalized spacial score (nSPS) is 13.8. The van der Waals surface area contributed by atoms with Crippen molar-refractivity contribution in [3.05, 3.63) is 88.2 Å². The second-order valence-corrected chi connectivity index (χ2v) is 9.70. The smallest absolute Gasteiger partial charge is 0.158 e. The van der Waals surface area contributed by atoms with Crippen molar-refractivity contribution in [2.45, 2.75) is 13.0 Å². The third-order valence-electron chi connectivity index (χ3n) is 6.26. The maximum absolute atomic E-state index is 10.1. The average molecular weight is 499 g/mol. The van der Waals surface area contributed by atoms with E-state index in [-0.39, 0.29) is 5.75 Å². The summed E-state index contributed by atoms with van der Waals surface area (Å²) in [5.41, 5.74) is 5.88. The number of aromatic amines is 1. The predicted octanol–water partition coefficient (Wildman–Crippen LogP) is 5.40. The topological polar surface area (TPSA) is 83.5 Å². The van der Waals surface area contributed by atoms with Gasteiger partial charge in [0.2, 0.25) is 0 Å². The molecule has 1 aliphatic rings. The minimum absolute atomic E-state index is 0.210. The number of thiazole rings is 1. The van der Waals surface area contributed by atoms with Gasteiger partial charge in [-0.05, 0) is 42.0 Å². The lowest BCUT2D eigenvalue weighted by molar-refractivity contribution is 0.122. The van der Waals surface area contributed by atoms with E-state index in [1.165, 1.54) is 5.69 Å². The van der Waals surface area contributed by atoms with Crippen molar-refractivity contribution >= 4 is 28.1 Å². The maximum atomic E-state index is 10.1. The molecule has 3 heterocycles. The van der Waals surface area contributed by atoms with Crippen LogP contribution in [0.15, 0.2) is 72.1 Å². The Labute approximate surface area is 213 Å². The van der Waals surface area contributed by atoms with Gasteiger partial charge in [0.15, 0.2) is 5.82 Å². The zero-order valence-corrected chi connectivity index (χ0v) is 20.5. The van der Waals surface area contributed by atoms with Gasteiger partial charge >= 0.3 is 0 Å². The lowest BCUT2D eigenvalue weighted by Gasteiger charge is -2.28. The lowest BCUT2D eigenvalue weighted by atomic mass is 10.1. The number of rotatable bonds is 7. The second kappa shape index (κ2) is 10.0. The summed E-state index contributed by atoms with van der Waals surface area (Å²) < 4.78 is 11.6. The number of aromatic hydroxyl groups is 1. The number of benzene rings is 3. The van der Waals surface area contributed by atoms with Crippen molar-refractivity contribution in [3.63, 3.8) is 0 Å². The molecule has 0 saturated carbocycles. The van der Waals surface area contributed by atoms with Crippen LogP contribution in [0, 0.1) is 0 Å². The fraction of sp³-hybridized carbons (Fsp3) is 0.214. The van der Waals surface area contributed by atoms with Crippen LogP contribution in [0.1, 0.15) is 16.1 Å². The van der Waals surface area contributed by atoms with Gasteiger partial charge in [0, 0.05) is 36.1 Å². The summed E-state index contributed by atoms with van der Waals surface area (Å²) in [6.45, 7) is 3.77. The highest BCUT2D eigenvalue weighted by molar-refractivity contribution is 7.10. The Balaban J connectivity index is 1.20. The molecule has 0 unspecified atom stereocenters. The molecule has 2 aromatic heterocycles. The first-order valence-electron chi connectivity index (χ1n) is 12.0. The summed E-state index contributed by atoms with van der Waals surface area (Å²) in [6, 6.07) is 21.6. The van der Waals surface area contributed by atoms with E-state index >= 15 is 0 Å². The third kappa shape index (κ3) is 4.91. The molecular weight excluding hydrogens is 472 g/mol. The first-order valence-corrected chi connectivity index (χ1v) is 12.8. The number of phenolic OH excluding ortho intramolecular Hbond substituents is 1. The molecular formula is C28H26N4O3S. The molecule has 5 aromatic rings. The highest BCUT2D eigenvalue weighted by Gasteiger charge is 2.15. The Morgan fingerprint density at radius 1 is 1.00 bits per heavy atom. The SMILES string of the molecule is Oc1ccc(OCc2ccccc2)c(Cc2nc(-c3nc4ccc(N5CCOCC5)cc4[nH]3)cs2)c1. The molecule has 182 valence electrons. The molecule has 3 aromatic carbocycles. The van der Waals surface area contributed by atoms with Gasteiger partial charge in [0.25, 0.3) is 0 Å². The van der Waals surface area contributed by atoms with E-state index in [4.69, 9.17) is 19.4 Å². The van der Waals surface area contributed by atoms with E-state index < -0.39 is 0 Å². The summed E-state index contributed by atoms with van der Waals surface area (Å²) in [6.07, 6.45) is 0.560. The minimum Gasteiger partial charge on any atom is -0.508 e. The Hall–Kier alpha value is -3.88. The number of aromatic nitrogens is 3. The number of fused-ring (bicyclic) bond motifs is 1. The van der Waals surface area contributed by atoms with Gasteiger partial charge in [0.05, 0.1) is 29.3 Å². The molecule has 0 radical (unpaired) electrons. The summed E-state index contributed by atoms with van der Waals surface area (Å²) in [5, 5.41) is 13.0. The number of anilines is 1. The van der Waals surface area contributed by atoms with Crippen LogP contribution in [-0.2, 0) is 17.8 Å². The highest BCUT2D eigenvalue weighted by atomic mass is 32.1. The van der Waals surface area contributed by atoms with E-state index in [1.807, 2.05) is 41.8 Å². The fourth-order valence-corrected chi connectivity index (χ4v) is 5.18. The van der Waals surface area contributed by atoms with Crippen molar-refractivity contribution in [1.82, 2.24) is 15.0 Å². The molecule has 0 spiro atoms. The average Bonchev–Trinajstić information content (AvgIpc) is 3.56. The number of hydrogen-bond acceptors (Lipinski definition) is 7. The number of morpholine rings is 1. The molecule has 8 heteroatoms. The summed E-state index contributed by atoms with van der Waals surface area (Å²) in [7, 11) is 0. The molecule has 2 N–H and O–H groups in total. The van der Waals surface area contributed by atoms with E-state index in [1.54, 1.807) is 23.5 Å². The Morgan fingerprint density at radius 2 is 1.86 bits per heavy atom. The van der Waals surface area contributed by atoms with Gasteiger partial charge in [-0.1, -0.05) is 30.3 Å². The molecule has 1 saturated heterocycles. The number of H-pyrrole nitrogens is 1. The van der Waals surface area contributed by atoms with Crippen LogP contribution < -0.4 is 9.64 Å². The Morgan fingerprint density at radius 3 is 2.72 bits per heavy atom. The van der Waals surface area contributed by atoms with Crippen LogP contribution >= 0.6 is 11.3 Å². The third-order valence-corrected chi connectivity index (χ3v) is 7.11. The Bertz CT molecular complexity index is 1470. The van der Waals surface area contributed by atoms with E-state index in [0.717, 1.165) is 70.7 Å². The van der Waals surface area contributed by atoms with E-state index in [9.17, 15) is 5.11 Å². The molecule has 0 aliphatic carbocycles. The van der Waals surface area contributed by atoms with Crippen LogP contribution in [0.3, 0.4) is 0 Å². The number of imidazole rings is 1. The zero-order valence-electron chi connectivity index (χ0n) is 19.7. The van der Waals surface area contributed by atoms with Crippen LogP contribution in [0.5, 0.6) is 11.5 Å². The Kier molecular flexibility index (Phi) is 6.27. The zero-order chi connectivity index (χ0) is 24.3. The van der Waals surface area contributed by atoms with Gasteiger partial charge in [-0.2, -0.15) is 0 Å².